The maximum absolute atomic E-state index is 12.6. The highest BCUT2D eigenvalue weighted by molar-refractivity contribution is 5.18. The average molecular weight is 273 g/mol. The Hall–Kier alpha value is -1.07. The third-order valence-electron chi connectivity index (χ3n) is 3.32. The van der Waals surface area contributed by atoms with Crippen LogP contribution in [0.2, 0.25) is 0 Å². The predicted molar refractivity (Wildman–Crippen MR) is 66.3 cm³/mol. The second-order valence-corrected chi connectivity index (χ2v) is 4.92. The van der Waals surface area contributed by atoms with E-state index in [2.05, 4.69) is 5.48 Å². The summed E-state index contributed by atoms with van der Waals surface area (Å²) in [7, 11) is 0. The Morgan fingerprint density at radius 2 is 1.79 bits per heavy atom. The van der Waals surface area contributed by atoms with Crippen LogP contribution in [-0.4, -0.2) is 12.3 Å². The van der Waals surface area contributed by atoms with Gasteiger partial charge in [0.2, 0.25) is 0 Å². The molecule has 5 heteroatoms. The molecule has 0 aliphatic heterocycles. The van der Waals surface area contributed by atoms with Gasteiger partial charge in [0.1, 0.15) is 0 Å². The molecule has 1 aliphatic rings. The molecule has 1 N–H and O–H groups in total. The van der Waals surface area contributed by atoms with Crippen LogP contribution in [0.5, 0.6) is 0 Å². The van der Waals surface area contributed by atoms with Crippen LogP contribution in [0.3, 0.4) is 0 Å². The van der Waals surface area contributed by atoms with Crippen LogP contribution in [0.15, 0.2) is 30.3 Å². The predicted octanol–water partition coefficient (Wildman–Crippen LogP) is 4.14. The zero-order valence-electron chi connectivity index (χ0n) is 10.6. The van der Waals surface area contributed by atoms with Gasteiger partial charge in [0, 0.05) is 0 Å². The maximum atomic E-state index is 12.6. The lowest BCUT2D eigenvalue weighted by atomic mass is 10.0. The van der Waals surface area contributed by atoms with E-state index in [4.69, 9.17) is 4.84 Å². The molecule has 1 atom stereocenters. The first-order valence-corrected chi connectivity index (χ1v) is 6.57. The van der Waals surface area contributed by atoms with Gasteiger partial charge in [-0.15, -0.1) is 0 Å². The summed E-state index contributed by atoms with van der Waals surface area (Å²) in [6.07, 6.45) is -1.10. The first-order valence-electron chi connectivity index (χ1n) is 6.57. The van der Waals surface area contributed by atoms with Crippen molar-refractivity contribution in [2.45, 2.75) is 50.4 Å². The second-order valence-electron chi connectivity index (χ2n) is 4.92. The Morgan fingerprint density at radius 3 is 2.37 bits per heavy atom. The van der Waals surface area contributed by atoms with Crippen LogP contribution in [-0.2, 0) is 4.84 Å². The third-order valence-corrected chi connectivity index (χ3v) is 3.32. The molecule has 106 valence electrons. The average Bonchev–Trinajstić information content (AvgIpc) is 2.87. The number of halogens is 3. The minimum atomic E-state index is -4.22. The molecular weight excluding hydrogens is 255 g/mol. The summed E-state index contributed by atoms with van der Waals surface area (Å²) in [6, 6.07) is 7.77. The van der Waals surface area contributed by atoms with Crippen LogP contribution >= 0.6 is 0 Å². The Balaban J connectivity index is 1.97. The number of alkyl halides is 3. The van der Waals surface area contributed by atoms with E-state index in [1.807, 2.05) is 0 Å². The van der Waals surface area contributed by atoms with Crippen molar-refractivity contribution in [1.29, 1.82) is 0 Å². The minimum Gasteiger partial charge on any atom is -0.298 e. The minimum absolute atomic E-state index is 0.0412. The van der Waals surface area contributed by atoms with E-state index >= 15 is 0 Å². The zero-order chi connectivity index (χ0) is 13.7. The quantitative estimate of drug-likeness (QED) is 0.814. The summed E-state index contributed by atoms with van der Waals surface area (Å²) in [5.41, 5.74) is 3.21. The summed E-state index contributed by atoms with van der Waals surface area (Å²) in [5.74, 6) is 0. The first kappa shape index (κ1) is 14.3. The largest absolute Gasteiger partial charge is 0.391 e. The van der Waals surface area contributed by atoms with Crippen molar-refractivity contribution >= 4 is 0 Å². The molecule has 2 rings (SSSR count). The molecule has 0 spiro atoms. The Bertz CT molecular complexity index is 374. The topological polar surface area (TPSA) is 21.3 Å². The molecule has 1 saturated carbocycles. The maximum Gasteiger partial charge on any atom is 0.391 e. The van der Waals surface area contributed by atoms with Crippen molar-refractivity contribution in [3.63, 3.8) is 0 Å². The van der Waals surface area contributed by atoms with Gasteiger partial charge in [-0.05, 0) is 18.4 Å². The van der Waals surface area contributed by atoms with Gasteiger partial charge in [0.05, 0.1) is 18.6 Å². The number of hydrogen-bond acceptors (Lipinski definition) is 2. The summed E-state index contributed by atoms with van der Waals surface area (Å²) in [4.78, 5) is 5.42. The molecule has 0 amide bonds. The highest BCUT2D eigenvalue weighted by Gasteiger charge is 2.33. The van der Waals surface area contributed by atoms with E-state index in [0.29, 0.717) is 5.56 Å². The number of rotatable bonds is 5. The lowest BCUT2D eigenvalue weighted by Crippen LogP contribution is -2.30. The van der Waals surface area contributed by atoms with Crippen LogP contribution in [0.1, 0.15) is 43.7 Å². The Morgan fingerprint density at radius 1 is 1.16 bits per heavy atom. The monoisotopic (exact) mass is 273 g/mol. The number of benzene rings is 1. The highest BCUT2D eigenvalue weighted by Crippen LogP contribution is 2.30. The van der Waals surface area contributed by atoms with Crippen molar-refractivity contribution in [1.82, 2.24) is 5.48 Å². The van der Waals surface area contributed by atoms with Crippen molar-refractivity contribution in [2.75, 3.05) is 0 Å². The smallest absolute Gasteiger partial charge is 0.298 e. The fraction of sp³-hybridized carbons (Fsp3) is 0.571. The van der Waals surface area contributed by atoms with Crippen LogP contribution in [0, 0.1) is 0 Å². The molecule has 0 heterocycles. The van der Waals surface area contributed by atoms with Gasteiger partial charge in [0.25, 0.3) is 0 Å². The van der Waals surface area contributed by atoms with Crippen LogP contribution in [0.4, 0.5) is 13.2 Å². The Labute approximate surface area is 110 Å². The van der Waals surface area contributed by atoms with Crippen LogP contribution in [0.25, 0.3) is 0 Å². The zero-order valence-corrected chi connectivity index (χ0v) is 10.6. The molecule has 1 fully saturated rings. The Kier molecular flexibility index (Phi) is 4.82. The molecule has 1 aliphatic carbocycles. The molecule has 2 nitrogen and oxygen atoms in total. The molecule has 0 radical (unpaired) electrons. The summed E-state index contributed by atoms with van der Waals surface area (Å²) >= 11 is 0. The molecule has 19 heavy (non-hydrogen) atoms. The summed E-state index contributed by atoms with van der Waals surface area (Å²) < 4.78 is 37.8. The van der Waals surface area contributed by atoms with E-state index in [0.717, 1.165) is 25.7 Å². The summed E-state index contributed by atoms with van der Waals surface area (Å²) in [5, 5.41) is 0. The lowest BCUT2D eigenvalue weighted by Gasteiger charge is -2.22. The molecule has 0 aromatic heterocycles. The highest BCUT2D eigenvalue weighted by atomic mass is 19.4. The van der Waals surface area contributed by atoms with Gasteiger partial charge in [0.15, 0.2) is 0 Å². The molecule has 0 bridgehead atoms. The fourth-order valence-electron chi connectivity index (χ4n) is 2.33. The normalized spacial score (nSPS) is 18.7. The van der Waals surface area contributed by atoms with Crippen molar-refractivity contribution in [2.24, 2.45) is 0 Å². The molecular formula is C14H18F3NO. The molecule has 1 unspecified atom stereocenters. The van der Waals surface area contributed by atoms with Gasteiger partial charge < -0.3 is 0 Å². The fourth-order valence-corrected chi connectivity index (χ4v) is 2.33. The van der Waals surface area contributed by atoms with E-state index in [1.54, 1.807) is 30.3 Å². The van der Waals surface area contributed by atoms with E-state index < -0.39 is 18.6 Å². The van der Waals surface area contributed by atoms with Crippen molar-refractivity contribution < 1.29 is 18.0 Å². The SMILES string of the molecule is FC(F)(F)CC(NOC1CCCC1)c1ccccc1. The number of hydroxylamine groups is 1. The molecule has 0 saturated heterocycles. The third kappa shape index (κ3) is 4.84. The summed E-state index contributed by atoms with van der Waals surface area (Å²) in [6.45, 7) is 0. The van der Waals surface area contributed by atoms with Crippen molar-refractivity contribution in [3.05, 3.63) is 35.9 Å². The van der Waals surface area contributed by atoms with E-state index in [1.165, 1.54) is 0 Å². The lowest BCUT2D eigenvalue weighted by molar-refractivity contribution is -0.153. The van der Waals surface area contributed by atoms with E-state index in [-0.39, 0.29) is 6.10 Å². The number of hydrogen-bond donors (Lipinski definition) is 1. The van der Waals surface area contributed by atoms with Gasteiger partial charge in [-0.2, -0.15) is 18.7 Å². The van der Waals surface area contributed by atoms with Gasteiger partial charge in [-0.3, -0.25) is 4.84 Å². The van der Waals surface area contributed by atoms with Crippen molar-refractivity contribution in [3.8, 4) is 0 Å². The standard InChI is InChI=1S/C14H18F3NO/c15-14(16,17)10-13(11-6-2-1-3-7-11)18-19-12-8-4-5-9-12/h1-3,6-7,12-13,18H,4-5,8-10H2. The van der Waals surface area contributed by atoms with Crippen LogP contribution < -0.4 is 5.48 Å². The van der Waals surface area contributed by atoms with Gasteiger partial charge in [-0.25, -0.2) is 0 Å². The van der Waals surface area contributed by atoms with Gasteiger partial charge in [-0.1, -0.05) is 43.2 Å². The van der Waals surface area contributed by atoms with Gasteiger partial charge >= 0.3 is 6.18 Å². The molecule has 1 aromatic rings. The molecule has 1 aromatic carbocycles. The first-order chi connectivity index (χ1) is 9.04. The van der Waals surface area contributed by atoms with E-state index in [9.17, 15) is 13.2 Å². The second kappa shape index (κ2) is 6.39. The number of nitrogens with one attached hydrogen (secondary N) is 1.